The molecule has 0 saturated carbocycles. The van der Waals surface area contributed by atoms with Crippen LogP contribution >= 0.6 is 0 Å². The molecule has 0 bridgehead atoms. The number of likely N-dealkylation sites (N-methyl/N-ethyl adjacent to an activating group) is 1. The van der Waals surface area contributed by atoms with Gasteiger partial charge in [-0.25, -0.2) is 0 Å². The van der Waals surface area contributed by atoms with Crippen LogP contribution in [0.3, 0.4) is 0 Å². The van der Waals surface area contributed by atoms with Gasteiger partial charge in [-0.05, 0) is 6.92 Å². The number of piperazine rings is 1. The lowest BCUT2D eigenvalue weighted by Gasteiger charge is -2.34. The summed E-state index contributed by atoms with van der Waals surface area (Å²) in [6, 6.07) is 0. The van der Waals surface area contributed by atoms with E-state index in [0.717, 1.165) is 0 Å². The molecule has 1 saturated heterocycles. The maximum atomic E-state index is 11.9. The molecule has 0 radical (unpaired) electrons. The molecule has 0 aromatic rings. The fourth-order valence-corrected chi connectivity index (χ4v) is 2.12. The Hall–Kier alpha value is -1.35. The summed E-state index contributed by atoms with van der Waals surface area (Å²) in [6.07, 6.45) is -4.43. The average molecular weight is 325 g/mol. The highest BCUT2D eigenvalue weighted by Gasteiger charge is 2.28. The van der Waals surface area contributed by atoms with Crippen LogP contribution < -0.4 is 5.32 Å². The van der Waals surface area contributed by atoms with Crippen LogP contribution in [0.1, 0.15) is 13.3 Å². The van der Waals surface area contributed by atoms with Crippen molar-refractivity contribution in [3.63, 3.8) is 0 Å². The van der Waals surface area contributed by atoms with Crippen LogP contribution in [0.4, 0.5) is 13.2 Å². The molecule has 0 aromatic heterocycles. The molecular weight excluding hydrogens is 303 g/mol. The molecule has 1 N–H and O–H groups in total. The molecule has 0 aliphatic carbocycles. The van der Waals surface area contributed by atoms with E-state index >= 15 is 0 Å². The highest BCUT2D eigenvalue weighted by molar-refractivity contribution is 5.78. The number of rotatable bonds is 7. The van der Waals surface area contributed by atoms with Gasteiger partial charge in [0.05, 0.1) is 19.6 Å². The predicted octanol–water partition coefficient (Wildman–Crippen LogP) is 0.236. The summed E-state index contributed by atoms with van der Waals surface area (Å²) in [6.45, 7) is 3.24. The van der Waals surface area contributed by atoms with Crippen molar-refractivity contribution in [2.45, 2.75) is 19.5 Å². The zero-order valence-corrected chi connectivity index (χ0v) is 12.6. The number of hydrogen-bond donors (Lipinski definition) is 1. The number of carbonyl (C=O) groups is 2. The number of hydrogen-bond acceptors (Lipinski definition) is 4. The zero-order chi connectivity index (χ0) is 16.6. The van der Waals surface area contributed by atoms with Gasteiger partial charge >= 0.3 is 6.18 Å². The summed E-state index contributed by atoms with van der Waals surface area (Å²) >= 11 is 0. The highest BCUT2D eigenvalue weighted by Crippen LogP contribution is 2.14. The largest absolute Gasteiger partial charge is 0.411 e. The van der Waals surface area contributed by atoms with Gasteiger partial charge < -0.3 is 15.0 Å². The molecule has 1 fully saturated rings. The molecule has 1 aliphatic heterocycles. The van der Waals surface area contributed by atoms with E-state index in [9.17, 15) is 22.8 Å². The maximum Gasteiger partial charge on any atom is 0.411 e. The monoisotopic (exact) mass is 325 g/mol. The minimum atomic E-state index is -4.37. The molecule has 128 valence electrons. The third kappa shape index (κ3) is 7.60. The van der Waals surface area contributed by atoms with Gasteiger partial charge in [-0.2, -0.15) is 13.2 Å². The SMILES string of the molecule is CCNC(=O)CN1CCN(C(=O)CCOCC(F)(F)F)CC1. The van der Waals surface area contributed by atoms with Crippen molar-refractivity contribution in [3.8, 4) is 0 Å². The molecule has 6 nitrogen and oxygen atoms in total. The third-order valence-corrected chi connectivity index (χ3v) is 3.19. The van der Waals surface area contributed by atoms with Gasteiger partial charge in [-0.1, -0.05) is 0 Å². The number of nitrogens with one attached hydrogen (secondary N) is 1. The molecule has 0 aromatic carbocycles. The quantitative estimate of drug-likeness (QED) is 0.681. The zero-order valence-electron chi connectivity index (χ0n) is 12.6. The Morgan fingerprint density at radius 1 is 1.18 bits per heavy atom. The van der Waals surface area contributed by atoms with Crippen molar-refractivity contribution in [2.24, 2.45) is 0 Å². The van der Waals surface area contributed by atoms with Crippen molar-refractivity contribution in [3.05, 3.63) is 0 Å². The minimum absolute atomic E-state index is 0.0529. The number of halogens is 3. The van der Waals surface area contributed by atoms with Crippen molar-refractivity contribution in [2.75, 3.05) is 52.5 Å². The van der Waals surface area contributed by atoms with Gasteiger partial charge in [0, 0.05) is 32.7 Å². The molecule has 0 unspecified atom stereocenters. The van der Waals surface area contributed by atoms with E-state index in [2.05, 4.69) is 10.1 Å². The first-order valence-corrected chi connectivity index (χ1v) is 7.23. The van der Waals surface area contributed by atoms with E-state index in [1.807, 2.05) is 11.8 Å². The normalized spacial score (nSPS) is 16.6. The van der Waals surface area contributed by atoms with Gasteiger partial charge in [-0.3, -0.25) is 14.5 Å². The first-order valence-electron chi connectivity index (χ1n) is 7.23. The fourth-order valence-electron chi connectivity index (χ4n) is 2.12. The second kappa shape index (κ2) is 8.94. The first-order chi connectivity index (χ1) is 10.3. The van der Waals surface area contributed by atoms with Gasteiger partial charge in [0.15, 0.2) is 0 Å². The molecule has 22 heavy (non-hydrogen) atoms. The summed E-state index contributed by atoms with van der Waals surface area (Å²) in [7, 11) is 0. The van der Waals surface area contributed by atoms with Crippen LogP contribution in [-0.2, 0) is 14.3 Å². The molecule has 0 atom stereocenters. The Morgan fingerprint density at radius 3 is 2.36 bits per heavy atom. The van der Waals surface area contributed by atoms with E-state index < -0.39 is 12.8 Å². The Kier molecular flexibility index (Phi) is 7.60. The van der Waals surface area contributed by atoms with Crippen LogP contribution in [-0.4, -0.2) is 80.3 Å². The van der Waals surface area contributed by atoms with Crippen LogP contribution in [0.15, 0.2) is 0 Å². The second-order valence-electron chi connectivity index (χ2n) is 5.03. The first kappa shape index (κ1) is 18.7. The van der Waals surface area contributed by atoms with E-state index in [-0.39, 0.29) is 24.8 Å². The number of amides is 2. The summed E-state index contributed by atoms with van der Waals surface area (Å²) in [5, 5.41) is 2.70. The smallest absolute Gasteiger partial charge is 0.372 e. The van der Waals surface area contributed by atoms with E-state index in [0.29, 0.717) is 39.3 Å². The Labute approximate surface area is 127 Å². The van der Waals surface area contributed by atoms with E-state index in [4.69, 9.17) is 0 Å². The van der Waals surface area contributed by atoms with Crippen LogP contribution in [0.25, 0.3) is 0 Å². The Balaban J connectivity index is 2.18. The fraction of sp³-hybridized carbons (Fsp3) is 0.846. The van der Waals surface area contributed by atoms with E-state index in [1.165, 1.54) is 0 Å². The molecule has 1 aliphatic rings. The molecule has 0 spiro atoms. The lowest BCUT2D eigenvalue weighted by Crippen LogP contribution is -2.51. The van der Waals surface area contributed by atoms with Crippen molar-refractivity contribution in [1.29, 1.82) is 0 Å². The predicted molar refractivity (Wildman–Crippen MR) is 73.2 cm³/mol. The highest BCUT2D eigenvalue weighted by atomic mass is 19.4. The number of alkyl halides is 3. The molecule has 1 rings (SSSR count). The molecule has 1 heterocycles. The number of nitrogens with zero attached hydrogens (tertiary/aromatic N) is 2. The number of carbonyl (C=O) groups excluding carboxylic acids is 2. The molecule has 2 amide bonds. The van der Waals surface area contributed by atoms with Crippen molar-refractivity contribution >= 4 is 11.8 Å². The Bertz CT molecular complexity index is 369. The second-order valence-corrected chi connectivity index (χ2v) is 5.03. The minimum Gasteiger partial charge on any atom is -0.372 e. The standard InChI is InChI=1S/C13H22F3N3O3/c1-2-17-11(20)9-18-4-6-19(7-5-18)12(21)3-8-22-10-13(14,15)16/h2-10H2,1H3,(H,17,20). The van der Waals surface area contributed by atoms with E-state index in [1.54, 1.807) is 4.90 Å². The summed E-state index contributed by atoms with van der Waals surface area (Å²) in [5.74, 6) is -0.275. The topological polar surface area (TPSA) is 61.9 Å². The molecular formula is C13H22F3N3O3. The van der Waals surface area contributed by atoms with Crippen molar-refractivity contribution in [1.82, 2.24) is 15.1 Å². The van der Waals surface area contributed by atoms with Crippen molar-refractivity contribution < 1.29 is 27.5 Å². The van der Waals surface area contributed by atoms with Crippen LogP contribution in [0, 0.1) is 0 Å². The van der Waals surface area contributed by atoms with Gasteiger partial charge in [0.2, 0.25) is 11.8 Å². The van der Waals surface area contributed by atoms with Gasteiger partial charge in [-0.15, -0.1) is 0 Å². The summed E-state index contributed by atoms with van der Waals surface area (Å²) < 4.78 is 40.1. The van der Waals surface area contributed by atoms with Gasteiger partial charge in [0.1, 0.15) is 6.61 Å². The number of ether oxygens (including phenoxy) is 1. The summed E-state index contributed by atoms with van der Waals surface area (Å²) in [4.78, 5) is 26.8. The third-order valence-electron chi connectivity index (χ3n) is 3.19. The van der Waals surface area contributed by atoms with Crippen LogP contribution in [0.2, 0.25) is 0 Å². The van der Waals surface area contributed by atoms with Gasteiger partial charge in [0.25, 0.3) is 0 Å². The summed E-state index contributed by atoms with van der Waals surface area (Å²) in [5.41, 5.74) is 0. The van der Waals surface area contributed by atoms with Crippen LogP contribution in [0.5, 0.6) is 0 Å². The lowest BCUT2D eigenvalue weighted by molar-refractivity contribution is -0.175. The lowest BCUT2D eigenvalue weighted by atomic mass is 10.2. The Morgan fingerprint density at radius 2 is 1.82 bits per heavy atom. The average Bonchev–Trinajstić information content (AvgIpc) is 2.43. The molecule has 9 heteroatoms. The maximum absolute atomic E-state index is 11.9.